The summed E-state index contributed by atoms with van der Waals surface area (Å²) in [4.78, 5) is 0. The summed E-state index contributed by atoms with van der Waals surface area (Å²) in [7, 11) is 0. The smallest absolute Gasteiger partial charge is 0.138 e. The molecule has 2 aromatic rings. The monoisotopic (exact) mass is 353 g/mol. The molecule has 2 N–H and O–H groups in total. The molecular weight excluding hydrogens is 338 g/mol. The zero-order valence-corrected chi connectivity index (χ0v) is 13.8. The lowest BCUT2D eigenvalue weighted by molar-refractivity contribution is 0.179. The van der Waals surface area contributed by atoms with Crippen LogP contribution in [0.3, 0.4) is 0 Å². The quantitative estimate of drug-likeness (QED) is 0.849. The van der Waals surface area contributed by atoms with Gasteiger partial charge < -0.3 is 10.5 Å². The van der Waals surface area contributed by atoms with Gasteiger partial charge in [0.15, 0.2) is 0 Å². The number of benzene rings is 2. The largest absolute Gasteiger partial charge is 0.484 e. The van der Waals surface area contributed by atoms with E-state index in [9.17, 15) is 0 Å². The summed E-state index contributed by atoms with van der Waals surface area (Å²) in [5.41, 5.74) is 8.16. The second kappa shape index (κ2) is 6.61. The molecule has 2 rings (SSSR count). The molecule has 0 aliphatic rings. The second-order valence-corrected chi connectivity index (χ2v) is 6.21. The highest BCUT2D eigenvalue weighted by atomic mass is 79.9. The highest BCUT2D eigenvalue weighted by Crippen LogP contribution is 2.29. The SMILES string of the molecule is Cc1cc(Br)ccc1OC(c1ccc(Cl)cc1)C(C)N. The Balaban J connectivity index is 2.28. The lowest BCUT2D eigenvalue weighted by Crippen LogP contribution is -2.29. The van der Waals surface area contributed by atoms with Crippen LogP contribution in [0.2, 0.25) is 5.02 Å². The Labute approximate surface area is 133 Å². The first-order valence-electron chi connectivity index (χ1n) is 6.41. The second-order valence-electron chi connectivity index (χ2n) is 4.86. The normalized spacial score (nSPS) is 13.8. The van der Waals surface area contributed by atoms with Crippen LogP contribution in [0.1, 0.15) is 24.2 Å². The highest BCUT2D eigenvalue weighted by molar-refractivity contribution is 9.10. The number of hydrogen-bond donors (Lipinski definition) is 1. The summed E-state index contributed by atoms with van der Waals surface area (Å²) >= 11 is 9.37. The Morgan fingerprint density at radius 3 is 2.35 bits per heavy atom. The Morgan fingerprint density at radius 1 is 1.15 bits per heavy atom. The molecule has 0 radical (unpaired) electrons. The van der Waals surface area contributed by atoms with Gasteiger partial charge in [-0.1, -0.05) is 39.7 Å². The molecule has 0 aliphatic carbocycles. The number of aryl methyl sites for hydroxylation is 1. The van der Waals surface area contributed by atoms with Gasteiger partial charge >= 0.3 is 0 Å². The van der Waals surface area contributed by atoms with Crippen LogP contribution in [0.25, 0.3) is 0 Å². The molecule has 0 aliphatic heterocycles. The van der Waals surface area contributed by atoms with E-state index in [0.29, 0.717) is 5.02 Å². The fourth-order valence-electron chi connectivity index (χ4n) is 2.01. The predicted octanol–water partition coefficient (Wildman–Crippen LogP) is 4.88. The summed E-state index contributed by atoms with van der Waals surface area (Å²) in [6.45, 7) is 3.95. The van der Waals surface area contributed by atoms with E-state index in [0.717, 1.165) is 21.3 Å². The van der Waals surface area contributed by atoms with Crippen molar-refractivity contribution in [2.75, 3.05) is 0 Å². The minimum absolute atomic E-state index is 0.126. The maximum Gasteiger partial charge on any atom is 0.138 e. The van der Waals surface area contributed by atoms with Gasteiger partial charge in [-0.15, -0.1) is 0 Å². The molecule has 0 fully saturated rings. The first-order valence-corrected chi connectivity index (χ1v) is 7.58. The average Bonchev–Trinajstić information content (AvgIpc) is 2.39. The Bertz CT molecular complexity index is 584. The van der Waals surface area contributed by atoms with Crippen LogP contribution in [-0.4, -0.2) is 6.04 Å². The van der Waals surface area contributed by atoms with Gasteiger partial charge in [0.25, 0.3) is 0 Å². The van der Waals surface area contributed by atoms with E-state index in [-0.39, 0.29) is 12.1 Å². The van der Waals surface area contributed by atoms with Gasteiger partial charge in [0, 0.05) is 15.5 Å². The summed E-state index contributed by atoms with van der Waals surface area (Å²) in [5, 5.41) is 0.706. The average molecular weight is 355 g/mol. The molecule has 0 saturated heterocycles. The summed E-state index contributed by atoms with van der Waals surface area (Å²) in [5.74, 6) is 0.838. The van der Waals surface area contributed by atoms with Crippen LogP contribution in [0.15, 0.2) is 46.9 Å². The third-order valence-electron chi connectivity index (χ3n) is 3.07. The lowest BCUT2D eigenvalue weighted by atomic mass is 10.0. The number of hydrogen-bond acceptors (Lipinski definition) is 2. The number of nitrogens with two attached hydrogens (primary N) is 1. The van der Waals surface area contributed by atoms with E-state index in [1.807, 2.05) is 56.3 Å². The Kier molecular flexibility index (Phi) is 5.08. The third kappa shape index (κ3) is 3.75. The van der Waals surface area contributed by atoms with Crippen molar-refractivity contribution in [3.8, 4) is 5.75 Å². The van der Waals surface area contributed by atoms with E-state index in [1.165, 1.54) is 0 Å². The van der Waals surface area contributed by atoms with E-state index in [2.05, 4.69) is 15.9 Å². The van der Waals surface area contributed by atoms with E-state index in [4.69, 9.17) is 22.1 Å². The lowest BCUT2D eigenvalue weighted by Gasteiger charge is -2.24. The molecule has 0 aromatic heterocycles. The van der Waals surface area contributed by atoms with Gasteiger partial charge in [-0.3, -0.25) is 0 Å². The van der Waals surface area contributed by atoms with Crippen molar-refractivity contribution < 1.29 is 4.74 Å². The minimum Gasteiger partial charge on any atom is -0.484 e. The predicted molar refractivity (Wildman–Crippen MR) is 87.3 cm³/mol. The van der Waals surface area contributed by atoms with Crippen LogP contribution < -0.4 is 10.5 Å². The van der Waals surface area contributed by atoms with Gasteiger partial charge in [0.2, 0.25) is 0 Å². The van der Waals surface area contributed by atoms with Gasteiger partial charge in [-0.25, -0.2) is 0 Å². The third-order valence-corrected chi connectivity index (χ3v) is 3.81. The molecule has 2 aromatic carbocycles. The first kappa shape index (κ1) is 15.4. The van der Waals surface area contributed by atoms with Gasteiger partial charge in [-0.05, 0) is 55.3 Å². The Hall–Kier alpha value is -1.03. The van der Waals surface area contributed by atoms with Crippen molar-refractivity contribution in [2.45, 2.75) is 26.0 Å². The maximum absolute atomic E-state index is 6.10. The maximum atomic E-state index is 6.10. The van der Waals surface area contributed by atoms with Crippen molar-refractivity contribution in [1.82, 2.24) is 0 Å². The molecular formula is C16H17BrClNO. The van der Waals surface area contributed by atoms with E-state index < -0.39 is 0 Å². The molecule has 2 unspecified atom stereocenters. The number of halogens is 2. The molecule has 2 atom stereocenters. The molecule has 2 nitrogen and oxygen atoms in total. The number of rotatable bonds is 4. The van der Waals surface area contributed by atoms with E-state index in [1.54, 1.807) is 0 Å². The van der Waals surface area contributed by atoms with Gasteiger partial charge in [-0.2, -0.15) is 0 Å². The molecule has 4 heteroatoms. The van der Waals surface area contributed by atoms with Crippen LogP contribution in [-0.2, 0) is 0 Å². The molecule has 20 heavy (non-hydrogen) atoms. The summed E-state index contributed by atoms with van der Waals surface area (Å²) in [6, 6.07) is 13.4. The van der Waals surface area contributed by atoms with Crippen molar-refractivity contribution >= 4 is 27.5 Å². The molecule has 0 saturated carbocycles. The molecule has 0 heterocycles. The van der Waals surface area contributed by atoms with Crippen molar-refractivity contribution in [3.63, 3.8) is 0 Å². The minimum atomic E-state index is -0.202. The molecule has 0 bridgehead atoms. The molecule has 106 valence electrons. The van der Waals surface area contributed by atoms with Crippen LogP contribution in [0.4, 0.5) is 0 Å². The van der Waals surface area contributed by atoms with Crippen LogP contribution in [0, 0.1) is 6.92 Å². The Morgan fingerprint density at radius 2 is 1.80 bits per heavy atom. The molecule has 0 amide bonds. The molecule has 0 spiro atoms. The highest BCUT2D eigenvalue weighted by Gasteiger charge is 2.19. The van der Waals surface area contributed by atoms with Crippen LogP contribution in [0.5, 0.6) is 5.75 Å². The van der Waals surface area contributed by atoms with Gasteiger partial charge in [0.1, 0.15) is 11.9 Å². The van der Waals surface area contributed by atoms with Crippen molar-refractivity contribution in [1.29, 1.82) is 0 Å². The zero-order chi connectivity index (χ0) is 14.7. The topological polar surface area (TPSA) is 35.2 Å². The summed E-state index contributed by atoms with van der Waals surface area (Å²) < 4.78 is 7.13. The standard InChI is InChI=1S/C16H17BrClNO/c1-10-9-13(17)5-8-15(10)20-16(11(2)19)12-3-6-14(18)7-4-12/h3-9,11,16H,19H2,1-2H3. The van der Waals surface area contributed by atoms with Crippen molar-refractivity contribution in [3.05, 3.63) is 63.1 Å². The zero-order valence-electron chi connectivity index (χ0n) is 11.4. The fraction of sp³-hybridized carbons (Fsp3) is 0.250. The van der Waals surface area contributed by atoms with E-state index >= 15 is 0 Å². The summed E-state index contributed by atoms with van der Waals surface area (Å²) in [6.07, 6.45) is -0.202. The van der Waals surface area contributed by atoms with Crippen LogP contribution >= 0.6 is 27.5 Å². The fourth-order valence-corrected chi connectivity index (χ4v) is 2.61. The number of ether oxygens (including phenoxy) is 1. The first-order chi connectivity index (χ1) is 9.47. The van der Waals surface area contributed by atoms with Crippen molar-refractivity contribution in [2.24, 2.45) is 5.73 Å². The van der Waals surface area contributed by atoms with Gasteiger partial charge in [0.05, 0.1) is 0 Å².